The van der Waals surface area contributed by atoms with Crippen LogP contribution < -0.4 is 10.1 Å². The van der Waals surface area contributed by atoms with E-state index in [-0.39, 0.29) is 11.8 Å². The second kappa shape index (κ2) is 9.17. The number of methoxy groups -OCH3 is 1. The second-order valence-electron chi connectivity index (χ2n) is 7.39. The Hall–Kier alpha value is -3.15. The molecule has 0 saturated carbocycles. The smallest absolute Gasteiger partial charge is 0.310 e. The van der Waals surface area contributed by atoms with E-state index in [0.717, 1.165) is 11.1 Å². The van der Waals surface area contributed by atoms with Crippen molar-refractivity contribution in [3.8, 4) is 5.75 Å². The van der Waals surface area contributed by atoms with Crippen molar-refractivity contribution >= 4 is 17.8 Å². The van der Waals surface area contributed by atoms with Gasteiger partial charge in [-0.25, -0.2) is 0 Å². The minimum absolute atomic E-state index is 0.0249. The van der Waals surface area contributed by atoms with Gasteiger partial charge in [-0.15, -0.1) is 0 Å². The average Bonchev–Trinajstić information content (AvgIpc) is 2.66. The number of rotatable bonds is 6. The molecule has 28 heavy (non-hydrogen) atoms. The predicted molar refractivity (Wildman–Crippen MR) is 105 cm³/mol. The lowest BCUT2D eigenvalue weighted by Crippen LogP contribution is -2.34. The average molecular weight is 383 g/mol. The fourth-order valence-corrected chi connectivity index (χ4v) is 2.46. The first-order valence-electron chi connectivity index (χ1n) is 8.92. The van der Waals surface area contributed by atoms with Gasteiger partial charge >= 0.3 is 5.97 Å². The minimum atomic E-state index is -0.673. The number of carbonyl (C=O) groups is 3. The Kier molecular flexibility index (Phi) is 6.93. The van der Waals surface area contributed by atoms with Gasteiger partial charge in [-0.3, -0.25) is 19.7 Å². The van der Waals surface area contributed by atoms with Crippen molar-refractivity contribution in [2.45, 2.75) is 32.6 Å². The lowest BCUT2D eigenvalue weighted by Gasteiger charge is -2.18. The third kappa shape index (κ3) is 6.23. The van der Waals surface area contributed by atoms with Crippen LogP contribution in [-0.2, 0) is 26.2 Å². The van der Waals surface area contributed by atoms with Gasteiger partial charge in [0.15, 0.2) is 6.61 Å². The van der Waals surface area contributed by atoms with Crippen LogP contribution in [0.3, 0.4) is 0 Å². The summed E-state index contributed by atoms with van der Waals surface area (Å²) >= 11 is 0. The Morgan fingerprint density at radius 3 is 2.07 bits per heavy atom. The van der Waals surface area contributed by atoms with E-state index in [9.17, 15) is 14.4 Å². The normalized spacial score (nSPS) is 10.9. The fraction of sp³-hybridized carbons (Fsp3) is 0.318. The summed E-state index contributed by atoms with van der Waals surface area (Å²) in [7, 11) is 1.56. The number of ether oxygens (including phenoxy) is 2. The van der Waals surface area contributed by atoms with Crippen molar-refractivity contribution in [2.75, 3.05) is 13.7 Å². The van der Waals surface area contributed by atoms with Crippen LogP contribution in [0.4, 0.5) is 0 Å². The van der Waals surface area contributed by atoms with E-state index < -0.39 is 24.4 Å². The zero-order chi connectivity index (χ0) is 20.7. The molecular weight excluding hydrogens is 358 g/mol. The first-order valence-corrected chi connectivity index (χ1v) is 8.92. The first kappa shape index (κ1) is 21.2. The molecule has 0 heterocycles. The van der Waals surface area contributed by atoms with Crippen LogP contribution in [0.15, 0.2) is 48.5 Å². The van der Waals surface area contributed by atoms with E-state index in [1.165, 1.54) is 0 Å². The van der Waals surface area contributed by atoms with E-state index in [4.69, 9.17) is 9.47 Å². The van der Waals surface area contributed by atoms with Crippen LogP contribution in [0.2, 0.25) is 0 Å². The van der Waals surface area contributed by atoms with Crippen molar-refractivity contribution in [3.63, 3.8) is 0 Å². The van der Waals surface area contributed by atoms with Gasteiger partial charge in [0.2, 0.25) is 0 Å². The second-order valence-corrected chi connectivity index (χ2v) is 7.39. The van der Waals surface area contributed by atoms with Crippen molar-refractivity contribution in [1.29, 1.82) is 0 Å². The van der Waals surface area contributed by atoms with Crippen LogP contribution in [0.1, 0.15) is 42.3 Å². The molecule has 0 spiro atoms. The molecule has 0 saturated heterocycles. The number of nitrogens with one attached hydrogen (secondary N) is 1. The van der Waals surface area contributed by atoms with Gasteiger partial charge in [0, 0.05) is 5.56 Å². The third-order valence-corrected chi connectivity index (χ3v) is 4.14. The van der Waals surface area contributed by atoms with Crippen molar-refractivity contribution in [1.82, 2.24) is 5.32 Å². The Bertz CT molecular complexity index is 833. The molecule has 2 aromatic carbocycles. The Morgan fingerprint density at radius 1 is 0.929 bits per heavy atom. The molecule has 1 N–H and O–H groups in total. The molecule has 0 atom stereocenters. The number of imide groups is 1. The van der Waals surface area contributed by atoms with Gasteiger partial charge < -0.3 is 9.47 Å². The number of carbonyl (C=O) groups excluding carboxylic acids is 3. The molecule has 0 unspecified atom stereocenters. The molecule has 0 aromatic heterocycles. The predicted octanol–water partition coefficient (Wildman–Crippen LogP) is 3.04. The monoisotopic (exact) mass is 383 g/mol. The molecule has 0 bridgehead atoms. The van der Waals surface area contributed by atoms with E-state index >= 15 is 0 Å². The highest BCUT2D eigenvalue weighted by molar-refractivity contribution is 6.05. The first-order chi connectivity index (χ1) is 13.2. The van der Waals surface area contributed by atoms with Crippen LogP contribution in [0.25, 0.3) is 0 Å². The summed E-state index contributed by atoms with van der Waals surface area (Å²) in [5.41, 5.74) is 2.16. The summed E-state index contributed by atoms with van der Waals surface area (Å²) in [6, 6.07) is 14.0. The maximum absolute atomic E-state index is 12.1. The van der Waals surface area contributed by atoms with Gasteiger partial charge in [-0.05, 0) is 40.8 Å². The maximum Gasteiger partial charge on any atom is 0.310 e. The molecule has 0 radical (unpaired) electrons. The molecule has 0 aliphatic carbocycles. The molecule has 0 aliphatic rings. The Morgan fingerprint density at radius 2 is 1.54 bits per heavy atom. The fourth-order valence-electron chi connectivity index (χ4n) is 2.46. The standard InChI is InChI=1S/C22H25NO5/c1-22(2,3)17-9-7-16(8-10-17)21(26)23-19(24)14-28-20(25)13-15-5-11-18(27-4)12-6-15/h5-12H,13-14H2,1-4H3,(H,23,24,26). The molecular formula is C22H25NO5. The van der Waals surface area contributed by atoms with E-state index in [1.807, 2.05) is 12.1 Å². The minimum Gasteiger partial charge on any atom is -0.497 e. The highest BCUT2D eigenvalue weighted by Crippen LogP contribution is 2.22. The van der Waals surface area contributed by atoms with Crippen LogP contribution in [0.5, 0.6) is 5.75 Å². The van der Waals surface area contributed by atoms with Crippen LogP contribution in [-0.4, -0.2) is 31.5 Å². The van der Waals surface area contributed by atoms with Crippen molar-refractivity contribution < 1.29 is 23.9 Å². The lowest BCUT2D eigenvalue weighted by atomic mass is 9.87. The number of esters is 1. The number of hydrogen-bond donors (Lipinski definition) is 1. The lowest BCUT2D eigenvalue weighted by molar-refractivity contribution is -0.147. The van der Waals surface area contributed by atoms with Gasteiger partial charge in [0.25, 0.3) is 11.8 Å². The molecule has 0 fully saturated rings. The summed E-state index contributed by atoms with van der Waals surface area (Å²) in [5, 5.41) is 2.22. The number of amides is 2. The Labute approximate surface area is 164 Å². The molecule has 2 amide bonds. The topological polar surface area (TPSA) is 81.7 Å². The molecule has 2 rings (SSSR count). The van der Waals surface area contributed by atoms with E-state index in [0.29, 0.717) is 11.3 Å². The zero-order valence-electron chi connectivity index (χ0n) is 16.6. The molecule has 2 aromatic rings. The van der Waals surface area contributed by atoms with Crippen molar-refractivity contribution in [2.24, 2.45) is 0 Å². The molecule has 0 aliphatic heterocycles. The third-order valence-electron chi connectivity index (χ3n) is 4.14. The summed E-state index contributed by atoms with van der Waals surface area (Å²) < 4.78 is 9.98. The molecule has 148 valence electrons. The van der Waals surface area contributed by atoms with Gasteiger partial charge in [-0.1, -0.05) is 45.0 Å². The van der Waals surface area contributed by atoms with Crippen LogP contribution >= 0.6 is 0 Å². The van der Waals surface area contributed by atoms with E-state index in [2.05, 4.69) is 26.1 Å². The van der Waals surface area contributed by atoms with Gasteiger partial charge in [-0.2, -0.15) is 0 Å². The van der Waals surface area contributed by atoms with Crippen molar-refractivity contribution in [3.05, 3.63) is 65.2 Å². The number of benzene rings is 2. The quantitative estimate of drug-likeness (QED) is 0.776. The number of hydrogen-bond acceptors (Lipinski definition) is 5. The SMILES string of the molecule is COc1ccc(CC(=O)OCC(=O)NC(=O)c2ccc(C(C)(C)C)cc2)cc1. The summed E-state index contributed by atoms with van der Waals surface area (Å²) in [6.07, 6.45) is 0.0273. The van der Waals surface area contributed by atoms with E-state index in [1.54, 1.807) is 43.5 Å². The summed E-state index contributed by atoms with van der Waals surface area (Å²) in [5.74, 6) is -1.07. The van der Waals surface area contributed by atoms with Crippen LogP contribution in [0, 0.1) is 0 Å². The molecule has 6 nitrogen and oxygen atoms in total. The maximum atomic E-state index is 12.1. The van der Waals surface area contributed by atoms with Gasteiger partial charge in [0.1, 0.15) is 5.75 Å². The zero-order valence-corrected chi connectivity index (χ0v) is 16.6. The highest BCUT2D eigenvalue weighted by Gasteiger charge is 2.16. The highest BCUT2D eigenvalue weighted by atomic mass is 16.5. The Balaban J connectivity index is 1.81. The largest absolute Gasteiger partial charge is 0.497 e. The summed E-state index contributed by atoms with van der Waals surface area (Å²) in [4.78, 5) is 35.8. The summed E-state index contributed by atoms with van der Waals surface area (Å²) in [6.45, 7) is 5.71. The molecule has 6 heteroatoms. The van der Waals surface area contributed by atoms with Gasteiger partial charge in [0.05, 0.1) is 13.5 Å².